The zero-order valence-electron chi connectivity index (χ0n) is 14.7. The van der Waals surface area contributed by atoms with Gasteiger partial charge in [-0.1, -0.05) is 88.4 Å². The van der Waals surface area contributed by atoms with E-state index in [0.717, 1.165) is 28.2 Å². The number of hydrogen-bond donors (Lipinski definition) is 0. The van der Waals surface area contributed by atoms with Crippen molar-refractivity contribution in [2.24, 2.45) is 0 Å². The SMILES string of the molecule is CC.CC.Cc1ncc(-c2ccccc2)c(-c2ccccc2)n1. The van der Waals surface area contributed by atoms with Crippen molar-refractivity contribution in [3.63, 3.8) is 0 Å². The van der Waals surface area contributed by atoms with Gasteiger partial charge in [0.2, 0.25) is 0 Å². The smallest absolute Gasteiger partial charge is 0.125 e. The maximum Gasteiger partial charge on any atom is 0.125 e. The summed E-state index contributed by atoms with van der Waals surface area (Å²) in [5.41, 5.74) is 4.31. The molecule has 0 bridgehead atoms. The van der Waals surface area contributed by atoms with Crippen LogP contribution in [0.15, 0.2) is 66.9 Å². The maximum absolute atomic E-state index is 4.61. The lowest BCUT2D eigenvalue weighted by Gasteiger charge is -2.09. The Labute approximate surface area is 140 Å². The Morgan fingerprint density at radius 3 is 1.65 bits per heavy atom. The standard InChI is InChI=1S/C17H14N2.2C2H6/c1-13-18-12-16(14-8-4-2-5-9-14)17(19-13)15-10-6-3-7-11-15;2*1-2/h2-12H,1H3;2*1-2H3. The molecule has 0 aliphatic rings. The Balaban J connectivity index is 0.000000615. The monoisotopic (exact) mass is 306 g/mol. The van der Waals surface area contributed by atoms with Crippen LogP contribution in [-0.2, 0) is 0 Å². The summed E-state index contributed by atoms with van der Waals surface area (Å²) in [7, 11) is 0. The van der Waals surface area contributed by atoms with E-state index in [1.165, 1.54) is 0 Å². The van der Waals surface area contributed by atoms with Crippen LogP contribution in [0.1, 0.15) is 33.5 Å². The molecule has 23 heavy (non-hydrogen) atoms. The lowest BCUT2D eigenvalue weighted by Crippen LogP contribution is -1.94. The molecule has 2 nitrogen and oxygen atoms in total. The quantitative estimate of drug-likeness (QED) is 0.565. The number of rotatable bonds is 2. The van der Waals surface area contributed by atoms with E-state index in [2.05, 4.69) is 34.2 Å². The summed E-state index contributed by atoms with van der Waals surface area (Å²) in [6.07, 6.45) is 1.90. The van der Waals surface area contributed by atoms with Crippen molar-refractivity contribution < 1.29 is 0 Å². The van der Waals surface area contributed by atoms with Gasteiger partial charge in [-0.05, 0) is 12.5 Å². The molecule has 0 aliphatic heterocycles. The van der Waals surface area contributed by atoms with Gasteiger partial charge in [0.1, 0.15) is 5.82 Å². The van der Waals surface area contributed by atoms with Crippen LogP contribution >= 0.6 is 0 Å². The summed E-state index contributed by atoms with van der Waals surface area (Å²) in [6, 6.07) is 20.5. The van der Waals surface area contributed by atoms with Crippen LogP contribution in [0.3, 0.4) is 0 Å². The van der Waals surface area contributed by atoms with Crippen LogP contribution in [0.5, 0.6) is 0 Å². The fourth-order valence-corrected chi connectivity index (χ4v) is 2.12. The van der Waals surface area contributed by atoms with Gasteiger partial charge in [0.25, 0.3) is 0 Å². The van der Waals surface area contributed by atoms with Crippen molar-refractivity contribution >= 4 is 0 Å². The second-order valence-electron chi connectivity index (χ2n) is 4.41. The average Bonchev–Trinajstić information content (AvgIpc) is 2.66. The molecule has 0 saturated heterocycles. The summed E-state index contributed by atoms with van der Waals surface area (Å²) in [6.45, 7) is 9.92. The van der Waals surface area contributed by atoms with Crippen LogP contribution in [0.4, 0.5) is 0 Å². The summed E-state index contributed by atoms with van der Waals surface area (Å²) < 4.78 is 0. The van der Waals surface area contributed by atoms with Gasteiger partial charge < -0.3 is 0 Å². The van der Waals surface area contributed by atoms with E-state index in [1.807, 2.05) is 77.2 Å². The van der Waals surface area contributed by atoms with Crippen LogP contribution in [-0.4, -0.2) is 9.97 Å². The zero-order chi connectivity index (χ0) is 17.1. The van der Waals surface area contributed by atoms with Gasteiger partial charge in [-0.15, -0.1) is 0 Å². The molecule has 1 heterocycles. The van der Waals surface area contributed by atoms with Crippen LogP contribution in [0, 0.1) is 6.92 Å². The van der Waals surface area contributed by atoms with Gasteiger partial charge in [0, 0.05) is 17.3 Å². The second kappa shape index (κ2) is 10.3. The molecule has 120 valence electrons. The highest BCUT2D eigenvalue weighted by Crippen LogP contribution is 2.29. The first kappa shape index (κ1) is 18.6. The highest BCUT2D eigenvalue weighted by atomic mass is 14.9. The third kappa shape index (κ3) is 5.03. The predicted octanol–water partition coefficient (Wildman–Crippen LogP) is 6.17. The van der Waals surface area contributed by atoms with Crippen molar-refractivity contribution in [2.45, 2.75) is 34.6 Å². The van der Waals surface area contributed by atoms with E-state index in [0.29, 0.717) is 0 Å². The van der Waals surface area contributed by atoms with E-state index in [4.69, 9.17) is 0 Å². The van der Waals surface area contributed by atoms with Crippen LogP contribution in [0.25, 0.3) is 22.4 Å². The van der Waals surface area contributed by atoms with Crippen molar-refractivity contribution in [3.8, 4) is 22.4 Å². The molecule has 2 heteroatoms. The maximum atomic E-state index is 4.61. The summed E-state index contributed by atoms with van der Waals surface area (Å²) in [5, 5.41) is 0. The number of nitrogens with zero attached hydrogens (tertiary/aromatic N) is 2. The predicted molar refractivity (Wildman–Crippen MR) is 100 cm³/mol. The summed E-state index contributed by atoms with van der Waals surface area (Å²) in [4.78, 5) is 8.94. The minimum atomic E-state index is 0.790. The molecule has 0 N–H and O–H groups in total. The highest BCUT2D eigenvalue weighted by Gasteiger charge is 2.09. The molecule has 0 amide bonds. The van der Waals surface area contributed by atoms with Crippen LogP contribution in [0.2, 0.25) is 0 Å². The molecule has 2 aromatic carbocycles. The van der Waals surface area contributed by atoms with E-state index in [9.17, 15) is 0 Å². The number of benzene rings is 2. The Hall–Kier alpha value is -2.48. The number of aromatic nitrogens is 2. The van der Waals surface area contributed by atoms with Gasteiger partial charge >= 0.3 is 0 Å². The fraction of sp³-hybridized carbons (Fsp3) is 0.238. The Kier molecular flexibility index (Phi) is 8.30. The van der Waals surface area contributed by atoms with E-state index in [-0.39, 0.29) is 0 Å². The van der Waals surface area contributed by atoms with Gasteiger partial charge in [-0.3, -0.25) is 0 Å². The molecule has 0 atom stereocenters. The molecule has 0 saturated carbocycles. The second-order valence-corrected chi connectivity index (χ2v) is 4.41. The topological polar surface area (TPSA) is 25.8 Å². The first-order chi connectivity index (χ1) is 11.3. The van der Waals surface area contributed by atoms with E-state index < -0.39 is 0 Å². The molecule has 0 aliphatic carbocycles. The first-order valence-electron chi connectivity index (χ1n) is 8.29. The van der Waals surface area contributed by atoms with Crippen LogP contribution < -0.4 is 0 Å². The zero-order valence-corrected chi connectivity index (χ0v) is 14.7. The molecule has 0 unspecified atom stereocenters. The van der Waals surface area contributed by atoms with Gasteiger partial charge in [-0.25, -0.2) is 9.97 Å². The van der Waals surface area contributed by atoms with Gasteiger partial charge in [0.05, 0.1) is 5.69 Å². The highest BCUT2D eigenvalue weighted by molar-refractivity contribution is 5.79. The Morgan fingerprint density at radius 1 is 0.652 bits per heavy atom. The first-order valence-corrected chi connectivity index (χ1v) is 8.29. The van der Waals surface area contributed by atoms with E-state index >= 15 is 0 Å². The molecule has 1 aromatic heterocycles. The van der Waals surface area contributed by atoms with E-state index in [1.54, 1.807) is 0 Å². The molecule has 3 aromatic rings. The number of hydrogen-bond acceptors (Lipinski definition) is 2. The minimum absolute atomic E-state index is 0.790. The largest absolute Gasteiger partial charge is 0.241 e. The lowest BCUT2D eigenvalue weighted by atomic mass is 10.0. The lowest BCUT2D eigenvalue weighted by molar-refractivity contribution is 1.06. The molecule has 0 spiro atoms. The van der Waals surface area contributed by atoms with Gasteiger partial charge in [-0.2, -0.15) is 0 Å². The Bertz CT molecular complexity index is 677. The summed E-state index contributed by atoms with van der Waals surface area (Å²) in [5.74, 6) is 0.790. The fourth-order valence-electron chi connectivity index (χ4n) is 2.12. The molecule has 0 radical (unpaired) electrons. The minimum Gasteiger partial charge on any atom is -0.241 e. The Morgan fingerprint density at radius 2 is 1.13 bits per heavy atom. The number of aryl methyl sites for hydroxylation is 1. The summed E-state index contributed by atoms with van der Waals surface area (Å²) >= 11 is 0. The third-order valence-electron chi connectivity index (χ3n) is 3.04. The van der Waals surface area contributed by atoms with Gasteiger partial charge in [0.15, 0.2) is 0 Å². The normalized spacial score (nSPS) is 9.09. The molecule has 3 rings (SSSR count). The van der Waals surface area contributed by atoms with Crippen molar-refractivity contribution in [1.82, 2.24) is 9.97 Å². The van der Waals surface area contributed by atoms with Crippen molar-refractivity contribution in [1.29, 1.82) is 0 Å². The molecule has 0 fully saturated rings. The van der Waals surface area contributed by atoms with Crippen molar-refractivity contribution in [3.05, 3.63) is 72.7 Å². The van der Waals surface area contributed by atoms with Crippen molar-refractivity contribution in [2.75, 3.05) is 0 Å². The molecular weight excluding hydrogens is 280 g/mol. The average molecular weight is 306 g/mol. The third-order valence-corrected chi connectivity index (χ3v) is 3.04. The molecular formula is C21H26N2.